The summed E-state index contributed by atoms with van der Waals surface area (Å²) < 4.78 is 0. The van der Waals surface area contributed by atoms with Crippen LogP contribution in [-0.4, -0.2) is 36.5 Å². The van der Waals surface area contributed by atoms with Gasteiger partial charge in [-0.25, -0.2) is 9.79 Å². The molecular formula is C24H34IN5O. The van der Waals surface area contributed by atoms with Gasteiger partial charge in [0, 0.05) is 31.9 Å². The summed E-state index contributed by atoms with van der Waals surface area (Å²) in [5.74, 6) is 0.787. The summed E-state index contributed by atoms with van der Waals surface area (Å²) >= 11 is 0. The van der Waals surface area contributed by atoms with Gasteiger partial charge in [-0.15, -0.1) is 24.0 Å². The fraction of sp³-hybridized carbons (Fsp3) is 0.417. The molecule has 1 aliphatic heterocycles. The Bertz CT molecular complexity index is 865. The standard InChI is InChI=1S/C24H33N5O.HI/c1-3-20-11-5-6-12-21(20)18-27-23(25-4-2)26-17-19-10-9-13-22(16-19)28-24(30)29-14-7-8-15-29;/h5-6,9-13,16H,3-4,7-8,14-15,17-18H2,1-2H3,(H,28,30)(H2,25,26,27);1H. The van der Waals surface area contributed by atoms with Crippen molar-refractivity contribution in [1.82, 2.24) is 15.5 Å². The van der Waals surface area contributed by atoms with E-state index < -0.39 is 0 Å². The van der Waals surface area contributed by atoms with E-state index in [0.717, 1.165) is 62.7 Å². The number of carbonyl (C=O) groups excluding carboxylic acids is 1. The lowest BCUT2D eigenvalue weighted by molar-refractivity contribution is 0.222. The van der Waals surface area contributed by atoms with E-state index in [1.807, 2.05) is 29.2 Å². The highest BCUT2D eigenvalue weighted by Gasteiger charge is 2.17. The van der Waals surface area contributed by atoms with Crippen molar-refractivity contribution in [3.63, 3.8) is 0 Å². The van der Waals surface area contributed by atoms with E-state index in [1.54, 1.807) is 0 Å². The quantitative estimate of drug-likeness (QED) is 0.272. The number of hydrogen-bond donors (Lipinski definition) is 3. The fourth-order valence-electron chi connectivity index (χ4n) is 3.64. The minimum Gasteiger partial charge on any atom is -0.357 e. The number of amides is 2. The van der Waals surface area contributed by atoms with Crippen LogP contribution in [0.25, 0.3) is 0 Å². The number of aliphatic imine (C=N–C) groups is 1. The van der Waals surface area contributed by atoms with E-state index >= 15 is 0 Å². The van der Waals surface area contributed by atoms with Crippen LogP contribution in [0.1, 0.15) is 43.4 Å². The predicted molar refractivity (Wildman–Crippen MR) is 139 cm³/mol. The summed E-state index contributed by atoms with van der Waals surface area (Å²) in [6.45, 7) is 8.00. The van der Waals surface area contributed by atoms with Gasteiger partial charge in [-0.2, -0.15) is 0 Å². The summed E-state index contributed by atoms with van der Waals surface area (Å²) in [5, 5.41) is 9.74. The minimum absolute atomic E-state index is 0. The molecule has 0 spiro atoms. The van der Waals surface area contributed by atoms with E-state index in [4.69, 9.17) is 4.99 Å². The van der Waals surface area contributed by atoms with Crippen LogP contribution in [0.5, 0.6) is 0 Å². The van der Waals surface area contributed by atoms with Gasteiger partial charge in [0.1, 0.15) is 0 Å². The van der Waals surface area contributed by atoms with Crippen molar-refractivity contribution in [2.24, 2.45) is 4.99 Å². The van der Waals surface area contributed by atoms with Crippen LogP contribution >= 0.6 is 24.0 Å². The Hall–Kier alpha value is -2.29. The van der Waals surface area contributed by atoms with Gasteiger partial charge in [-0.05, 0) is 55.0 Å². The molecule has 1 heterocycles. The van der Waals surface area contributed by atoms with Gasteiger partial charge in [-0.1, -0.05) is 43.3 Å². The zero-order valence-electron chi connectivity index (χ0n) is 18.5. The van der Waals surface area contributed by atoms with Gasteiger partial charge in [0.05, 0.1) is 6.54 Å². The largest absolute Gasteiger partial charge is 0.357 e. The van der Waals surface area contributed by atoms with Crippen molar-refractivity contribution in [1.29, 1.82) is 0 Å². The van der Waals surface area contributed by atoms with Gasteiger partial charge in [0.2, 0.25) is 0 Å². The Morgan fingerprint density at radius 3 is 2.45 bits per heavy atom. The highest BCUT2D eigenvalue weighted by atomic mass is 127. The van der Waals surface area contributed by atoms with Crippen molar-refractivity contribution >= 4 is 41.7 Å². The molecule has 168 valence electrons. The van der Waals surface area contributed by atoms with Gasteiger partial charge in [-0.3, -0.25) is 0 Å². The highest BCUT2D eigenvalue weighted by Crippen LogP contribution is 2.15. The number of urea groups is 1. The molecule has 0 saturated carbocycles. The minimum atomic E-state index is -0.0160. The van der Waals surface area contributed by atoms with Crippen molar-refractivity contribution in [3.05, 3.63) is 65.2 Å². The van der Waals surface area contributed by atoms with E-state index in [2.05, 4.69) is 54.1 Å². The molecule has 31 heavy (non-hydrogen) atoms. The first kappa shape index (κ1) is 25.0. The van der Waals surface area contributed by atoms with Gasteiger partial charge < -0.3 is 20.9 Å². The number of halogens is 1. The third-order valence-electron chi connectivity index (χ3n) is 5.28. The molecule has 1 fully saturated rings. The maximum absolute atomic E-state index is 12.3. The summed E-state index contributed by atoms with van der Waals surface area (Å²) in [7, 11) is 0. The highest BCUT2D eigenvalue weighted by molar-refractivity contribution is 14.0. The first-order valence-electron chi connectivity index (χ1n) is 10.9. The fourth-order valence-corrected chi connectivity index (χ4v) is 3.64. The number of benzene rings is 2. The predicted octanol–water partition coefficient (Wildman–Crippen LogP) is 4.75. The van der Waals surface area contributed by atoms with E-state index in [9.17, 15) is 4.79 Å². The zero-order chi connectivity index (χ0) is 21.2. The number of guanidine groups is 1. The Balaban J connectivity index is 0.00000341. The molecule has 0 aromatic heterocycles. The molecule has 7 heteroatoms. The number of carbonyl (C=O) groups is 1. The molecule has 0 radical (unpaired) electrons. The average Bonchev–Trinajstić information content (AvgIpc) is 3.31. The van der Waals surface area contributed by atoms with Crippen LogP contribution in [0.4, 0.5) is 10.5 Å². The van der Waals surface area contributed by atoms with Crippen LogP contribution in [-0.2, 0) is 19.5 Å². The van der Waals surface area contributed by atoms with Crippen LogP contribution in [0.2, 0.25) is 0 Å². The SMILES string of the molecule is CCNC(=NCc1cccc(NC(=O)N2CCCC2)c1)NCc1ccccc1CC.I. The van der Waals surface area contributed by atoms with Gasteiger partial charge >= 0.3 is 6.03 Å². The second kappa shape index (κ2) is 13.2. The van der Waals surface area contributed by atoms with Crippen LogP contribution in [0.3, 0.4) is 0 Å². The molecule has 6 nitrogen and oxygen atoms in total. The number of aryl methyl sites for hydroxylation is 1. The Labute approximate surface area is 202 Å². The topological polar surface area (TPSA) is 68.8 Å². The summed E-state index contributed by atoms with van der Waals surface area (Å²) in [5.41, 5.74) is 4.51. The molecule has 0 atom stereocenters. The third kappa shape index (κ3) is 7.72. The zero-order valence-corrected chi connectivity index (χ0v) is 20.8. The van der Waals surface area contributed by atoms with Crippen LogP contribution < -0.4 is 16.0 Å². The first-order valence-corrected chi connectivity index (χ1v) is 10.9. The summed E-state index contributed by atoms with van der Waals surface area (Å²) in [6.07, 6.45) is 3.19. The second-order valence-corrected chi connectivity index (χ2v) is 7.50. The lowest BCUT2D eigenvalue weighted by Crippen LogP contribution is -2.37. The lowest BCUT2D eigenvalue weighted by Gasteiger charge is -2.16. The van der Waals surface area contributed by atoms with Crippen LogP contribution in [0, 0.1) is 0 Å². The number of nitrogens with zero attached hydrogens (tertiary/aromatic N) is 2. The van der Waals surface area contributed by atoms with Crippen molar-refractivity contribution in [3.8, 4) is 0 Å². The number of anilines is 1. The Morgan fingerprint density at radius 1 is 1.00 bits per heavy atom. The Morgan fingerprint density at radius 2 is 1.74 bits per heavy atom. The van der Waals surface area contributed by atoms with Gasteiger partial charge in [0.25, 0.3) is 0 Å². The molecule has 2 aromatic carbocycles. The van der Waals surface area contributed by atoms with E-state index in [1.165, 1.54) is 11.1 Å². The molecule has 3 N–H and O–H groups in total. The second-order valence-electron chi connectivity index (χ2n) is 7.50. The molecule has 0 bridgehead atoms. The van der Waals surface area contributed by atoms with Crippen molar-refractivity contribution in [2.45, 2.75) is 46.2 Å². The molecule has 0 unspecified atom stereocenters. The van der Waals surface area contributed by atoms with Crippen LogP contribution in [0.15, 0.2) is 53.5 Å². The third-order valence-corrected chi connectivity index (χ3v) is 5.28. The van der Waals surface area contributed by atoms with E-state index in [0.29, 0.717) is 6.54 Å². The summed E-state index contributed by atoms with van der Waals surface area (Å²) in [6, 6.07) is 16.4. The number of hydrogen-bond acceptors (Lipinski definition) is 2. The maximum atomic E-state index is 12.3. The normalized spacial score (nSPS) is 13.5. The molecule has 0 aliphatic carbocycles. The molecule has 2 aromatic rings. The molecule has 1 aliphatic rings. The van der Waals surface area contributed by atoms with Crippen molar-refractivity contribution in [2.75, 3.05) is 25.0 Å². The Kier molecular flexibility index (Phi) is 10.6. The average molecular weight is 535 g/mol. The van der Waals surface area contributed by atoms with E-state index in [-0.39, 0.29) is 30.0 Å². The molecule has 2 amide bonds. The maximum Gasteiger partial charge on any atom is 0.321 e. The molecular weight excluding hydrogens is 501 g/mol. The van der Waals surface area contributed by atoms with Gasteiger partial charge in [0.15, 0.2) is 5.96 Å². The van der Waals surface area contributed by atoms with Crippen molar-refractivity contribution < 1.29 is 4.79 Å². The summed E-state index contributed by atoms with van der Waals surface area (Å²) in [4.78, 5) is 18.9. The monoisotopic (exact) mass is 535 g/mol. The number of rotatable bonds is 7. The number of nitrogens with one attached hydrogen (secondary N) is 3. The first-order chi connectivity index (χ1) is 14.7. The molecule has 1 saturated heterocycles. The lowest BCUT2D eigenvalue weighted by atomic mass is 10.1. The molecule has 3 rings (SSSR count). The number of likely N-dealkylation sites (tertiary alicyclic amines) is 1. The smallest absolute Gasteiger partial charge is 0.321 e.